The fourth-order valence-corrected chi connectivity index (χ4v) is 3.77. The Morgan fingerprint density at radius 1 is 1.12 bits per heavy atom. The van der Waals surface area contributed by atoms with Crippen molar-refractivity contribution in [2.45, 2.75) is 63.3 Å². The second-order valence-electron chi connectivity index (χ2n) is 5.45. The minimum absolute atomic E-state index is 0.0674. The van der Waals surface area contributed by atoms with Crippen LogP contribution in [0.2, 0.25) is 0 Å². The molecule has 1 amide bonds. The SMILES string of the molecule is O=C(NC1(CBr)CCCCC1)C1CCCC1. The Morgan fingerprint density at radius 2 is 1.75 bits per heavy atom. The maximum Gasteiger partial charge on any atom is 0.223 e. The zero-order chi connectivity index (χ0) is 11.4. The van der Waals surface area contributed by atoms with E-state index in [0.717, 1.165) is 31.0 Å². The summed E-state index contributed by atoms with van der Waals surface area (Å²) in [6, 6.07) is 0. The van der Waals surface area contributed by atoms with Gasteiger partial charge < -0.3 is 5.32 Å². The first-order chi connectivity index (χ1) is 7.76. The number of carbonyl (C=O) groups is 1. The zero-order valence-electron chi connectivity index (χ0n) is 9.93. The maximum absolute atomic E-state index is 12.1. The van der Waals surface area contributed by atoms with E-state index in [1.54, 1.807) is 0 Å². The monoisotopic (exact) mass is 287 g/mol. The Balaban J connectivity index is 1.91. The van der Waals surface area contributed by atoms with Crippen molar-refractivity contribution in [3.63, 3.8) is 0 Å². The highest BCUT2D eigenvalue weighted by atomic mass is 79.9. The summed E-state index contributed by atoms with van der Waals surface area (Å²) < 4.78 is 0. The second-order valence-corrected chi connectivity index (χ2v) is 6.01. The fourth-order valence-electron chi connectivity index (χ4n) is 3.07. The summed E-state index contributed by atoms with van der Waals surface area (Å²) in [4.78, 5) is 12.1. The molecule has 0 aromatic heterocycles. The van der Waals surface area contributed by atoms with Gasteiger partial charge in [-0.3, -0.25) is 4.79 Å². The molecule has 2 rings (SSSR count). The predicted octanol–water partition coefficient (Wildman–Crippen LogP) is 3.39. The molecule has 2 nitrogen and oxygen atoms in total. The number of halogens is 1. The highest BCUT2D eigenvalue weighted by Crippen LogP contribution is 2.32. The lowest BCUT2D eigenvalue weighted by atomic mass is 9.83. The molecule has 0 heterocycles. The highest BCUT2D eigenvalue weighted by molar-refractivity contribution is 9.09. The van der Waals surface area contributed by atoms with Crippen molar-refractivity contribution in [2.24, 2.45) is 5.92 Å². The Labute approximate surface area is 107 Å². The van der Waals surface area contributed by atoms with Crippen molar-refractivity contribution in [1.82, 2.24) is 5.32 Å². The van der Waals surface area contributed by atoms with Crippen LogP contribution >= 0.6 is 15.9 Å². The molecule has 0 aromatic rings. The van der Waals surface area contributed by atoms with Gasteiger partial charge in [0.15, 0.2) is 0 Å². The Kier molecular flexibility index (Phi) is 4.28. The first-order valence-electron chi connectivity index (χ1n) is 6.64. The molecular formula is C13H22BrNO. The molecule has 0 unspecified atom stereocenters. The van der Waals surface area contributed by atoms with Gasteiger partial charge in [-0.1, -0.05) is 48.0 Å². The molecule has 0 aliphatic heterocycles. The number of hydrogen-bond donors (Lipinski definition) is 1. The van der Waals surface area contributed by atoms with E-state index >= 15 is 0 Å². The van der Waals surface area contributed by atoms with Crippen molar-refractivity contribution in [2.75, 3.05) is 5.33 Å². The van der Waals surface area contributed by atoms with Gasteiger partial charge in [0.2, 0.25) is 5.91 Å². The van der Waals surface area contributed by atoms with Crippen LogP contribution in [0.25, 0.3) is 0 Å². The first kappa shape index (κ1) is 12.4. The van der Waals surface area contributed by atoms with E-state index < -0.39 is 0 Å². The van der Waals surface area contributed by atoms with Crippen molar-refractivity contribution in [3.05, 3.63) is 0 Å². The number of carbonyl (C=O) groups excluding carboxylic acids is 1. The van der Waals surface area contributed by atoms with Crippen LogP contribution in [0.4, 0.5) is 0 Å². The summed E-state index contributed by atoms with van der Waals surface area (Å²) in [6.07, 6.45) is 10.8. The van der Waals surface area contributed by atoms with Gasteiger partial charge in [-0.25, -0.2) is 0 Å². The van der Waals surface area contributed by atoms with Crippen LogP contribution in [-0.2, 0) is 4.79 Å². The molecule has 0 atom stereocenters. The molecular weight excluding hydrogens is 266 g/mol. The normalized spacial score (nSPS) is 25.6. The molecule has 1 N–H and O–H groups in total. The van der Waals surface area contributed by atoms with E-state index in [0.29, 0.717) is 11.8 Å². The summed E-state index contributed by atoms with van der Waals surface area (Å²) in [5, 5.41) is 4.25. The number of alkyl halides is 1. The highest BCUT2D eigenvalue weighted by Gasteiger charge is 2.34. The molecule has 2 fully saturated rings. The molecule has 0 saturated heterocycles. The molecule has 0 radical (unpaired) electrons. The summed E-state index contributed by atoms with van der Waals surface area (Å²) >= 11 is 3.59. The van der Waals surface area contributed by atoms with Gasteiger partial charge in [0, 0.05) is 16.8 Å². The Hall–Kier alpha value is -0.0500. The van der Waals surface area contributed by atoms with Crippen LogP contribution in [0.5, 0.6) is 0 Å². The largest absolute Gasteiger partial charge is 0.350 e. The van der Waals surface area contributed by atoms with Gasteiger partial charge >= 0.3 is 0 Å². The average Bonchev–Trinajstić information content (AvgIpc) is 2.84. The van der Waals surface area contributed by atoms with Crippen LogP contribution in [0.3, 0.4) is 0 Å². The van der Waals surface area contributed by atoms with Crippen molar-refractivity contribution >= 4 is 21.8 Å². The number of amides is 1. The maximum atomic E-state index is 12.1. The topological polar surface area (TPSA) is 29.1 Å². The van der Waals surface area contributed by atoms with Gasteiger partial charge in [-0.15, -0.1) is 0 Å². The lowest BCUT2D eigenvalue weighted by Gasteiger charge is -2.37. The van der Waals surface area contributed by atoms with E-state index in [1.165, 1.54) is 32.1 Å². The lowest BCUT2D eigenvalue weighted by molar-refractivity contribution is -0.126. The van der Waals surface area contributed by atoms with Crippen molar-refractivity contribution in [3.8, 4) is 0 Å². The zero-order valence-corrected chi connectivity index (χ0v) is 11.5. The van der Waals surface area contributed by atoms with Crippen LogP contribution < -0.4 is 5.32 Å². The third-order valence-corrected chi connectivity index (χ3v) is 5.25. The Morgan fingerprint density at radius 3 is 2.31 bits per heavy atom. The molecule has 2 aliphatic rings. The molecule has 16 heavy (non-hydrogen) atoms. The minimum Gasteiger partial charge on any atom is -0.350 e. The summed E-state index contributed by atoms with van der Waals surface area (Å²) in [5.74, 6) is 0.622. The van der Waals surface area contributed by atoms with Crippen molar-refractivity contribution < 1.29 is 4.79 Å². The quantitative estimate of drug-likeness (QED) is 0.792. The number of nitrogens with one attached hydrogen (secondary N) is 1. The number of hydrogen-bond acceptors (Lipinski definition) is 1. The molecule has 0 bridgehead atoms. The molecule has 2 aliphatic carbocycles. The van der Waals surface area contributed by atoms with Crippen molar-refractivity contribution in [1.29, 1.82) is 0 Å². The van der Waals surface area contributed by atoms with E-state index in [2.05, 4.69) is 21.2 Å². The van der Waals surface area contributed by atoms with E-state index in [4.69, 9.17) is 0 Å². The van der Waals surface area contributed by atoms with Gasteiger partial charge in [-0.2, -0.15) is 0 Å². The van der Waals surface area contributed by atoms with Crippen LogP contribution in [0, 0.1) is 5.92 Å². The van der Waals surface area contributed by atoms with Gasteiger partial charge in [0.1, 0.15) is 0 Å². The third kappa shape index (κ3) is 2.79. The molecule has 0 aromatic carbocycles. The minimum atomic E-state index is 0.0674. The van der Waals surface area contributed by atoms with Gasteiger partial charge in [0.05, 0.1) is 0 Å². The van der Waals surface area contributed by atoms with Gasteiger partial charge in [-0.05, 0) is 25.7 Å². The average molecular weight is 288 g/mol. The van der Waals surface area contributed by atoms with Crippen LogP contribution in [0.1, 0.15) is 57.8 Å². The molecule has 2 saturated carbocycles. The predicted molar refractivity (Wildman–Crippen MR) is 69.7 cm³/mol. The molecule has 3 heteroatoms. The van der Waals surface area contributed by atoms with E-state index in [9.17, 15) is 4.79 Å². The first-order valence-corrected chi connectivity index (χ1v) is 7.76. The standard InChI is InChI=1S/C13H22BrNO/c14-10-13(8-4-1-5-9-13)15-12(16)11-6-2-3-7-11/h11H,1-10H2,(H,15,16). The van der Waals surface area contributed by atoms with E-state index in [-0.39, 0.29) is 5.54 Å². The molecule has 92 valence electrons. The Bertz CT molecular complexity index is 242. The summed E-state index contributed by atoms with van der Waals surface area (Å²) in [7, 11) is 0. The fraction of sp³-hybridized carbons (Fsp3) is 0.923. The third-order valence-electron chi connectivity index (χ3n) is 4.18. The smallest absolute Gasteiger partial charge is 0.223 e. The summed E-state index contributed by atoms with van der Waals surface area (Å²) in [6.45, 7) is 0. The molecule has 0 spiro atoms. The van der Waals surface area contributed by atoms with Crippen LogP contribution in [0.15, 0.2) is 0 Å². The summed E-state index contributed by atoms with van der Waals surface area (Å²) in [5.41, 5.74) is 0.0674. The lowest BCUT2D eigenvalue weighted by Crippen LogP contribution is -2.52. The van der Waals surface area contributed by atoms with Gasteiger partial charge in [0.25, 0.3) is 0 Å². The van der Waals surface area contributed by atoms with E-state index in [1.807, 2.05) is 0 Å². The second kappa shape index (κ2) is 5.52. The number of rotatable bonds is 3. The van der Waals surface area contributed by atoms with Crippen LogP contribution in [-0.4, -0.2) is 16.8 Å².